The van der Waals surface area contributed by atoms with Gasteiger partial charge < -0.3 is 9.64 Å². The number of nitrogens with one attached hydrogen (secondary N) is 2. The minimum absolute atomic E-state index is 0.269. The third kappa shape index (κ3) is 4.17. The number of hydrogen-bond donors (Lipinski definition) is 2. The van der Waals surface area contributed by atoms with Crippen LogP contribution in [0, 0.1) is 0 Å². The van der Waals surface area contributed by atoms with Crippen LogP contribution < -0.4 is 20.5 Å². The molecule has 0 aromatic heterocycles. The van der Waals surface area contributed by atoms with Gasteiger partial charge in [0.2, 0.25) is 0 Å². The van der Waals surface area contributed by atoms with Gasteiger partial charge in [-0.1, -0.05) is 11.6 Å². The molecule has 0 spiro atoms. The molecule has 6 nitrogen and oxygen atoms in total. The van der Waals surface area contributed by atoms with Crippen molar-refractivity contribution >= 4 is 29.1 Å². The van der Waals surface area contributed by atoms with Crippen LogP contribution in [0.1, 0.15) is 20.7 Å². The lowest BCUT2D eigenvalue weighted by Gasteiger charge is -2.13. The van der Waals surface area contributed by atoms with Crippen molar-refractivity contribution in [1.82, 2.24) is 10.9 Å². The third-order valence-corrected chi connectivity index (χ3v) is 3.58. The van der Waals surface area contributed by atoms with Crippen molar-refractivity contribution in [2.45, 2.75) is 0 Å². The van der Waals surface area contributed by atoms with Gasteiger partial charge in [-0.25, -0.2) is 0 Å². The predicted molar refractivity (Wildman–Crippen MR) is 93.7 cm³/mol. The lowest BCUT2D eigenvalue weighted by molar-refractivity contribution is 0.0845. The summed E-state index contributed by atoms with van der Waals surface area (Å²) < 4.78 is 5.11. The number of hydrogen-bond acceptors (Lipinski definition) is 4. The molecule has 0 radical (unpaired) electrons. The number of carbonyl (C=O) groups excluding carboxylic acids is 2. The summed E-state index contributed by atoms with van der Waals surface area (Å²) in [4.78, 5) is 26.2. The van der Waals surface area contributed by atoms with E-state index < -0.39 is 11.8 Å². The van der Waals surface area contributed by atoms with E-state index in [0.29, 0.717) is 16.3 Å². The quantitative estimate of drug-likeness (QED) is 0.834. The number of methoxy groups -OCH3 is 1. The average Bonchev–Trinajstić information content (AvgIpc) is 2.59. The molecule has 0 fully saturated rings. The zero-order valence-electron chi connectivity index (χ0n) is 13.6. The van der Waals surface area contributed by atoms with Crippen molar-refractivity contribution in [3.63, 3.8) is 0 Å². The molecule has 0 unspecified atom stereocenters. The molecule has 2 aromatic rings. The molecule has 0 aliphatic heterocycles. The highest BCUT2D eigenvalue weighted by Gasteiger charge is 2.14. The summed E-state index contributed by atoms with van der Waals surface area (Å²) in [6.07, 6.45) is 0. The van der Waals surface area contributed by atoms with Crippen molar-refractivity contribution < 1.29 is 14.3 Å². The van der Waals surface area contributed by atoms with E-state index >= 15 is 0 Å². The summed E-state index contributed by atoms with van der Waals surface area (Å²) in [7, 11) is 5.26. The van der Waals surface area contributed by atoms with E-state index in [1.54, 1.807) is 18.2 Å². The summed E-state index contributed by atoms with van der Waals surface area (Å²) >= 11 is 5.86. The molecule has 2 N–H and O–H groups in total. The Bertz CT molecular complexity index is 745. The van der Waals surface area contributed by atoms with Crippen molar-refractivity contribution in [2.24, 2.45) is 0 Å². The number of nitrogens with zero attached hydrogens (tertiary/aromatic N) is 1. The van der Waals surface area contributed by atoms with Crippen LogP contribution in [0.4, 0.5) is 5.69 Å². The number of hydrazine groups is 1. The first kappa shape index (κ1) is 17.6. The summed E-state index contributed by atoms with van der Waals surface area (Å²) in [6, 6.07) is 11.6. The Labute approximate surface area is 145 Å². The fourth-order valence-corrected chi connectivity index (χ4v) is 2.18. The van der Waals surface area contributed by atoms with Crippen LogP contribution in [0.5, 0.6) is 5.75 Å². The summed E-state index contributed by atoms with van der Waals surface area (Å²) in [5, 5.41) is 0.452. The van der Waals surface area contributed by atoms with Crippen molar-refractivity contribution in [2.75, 3.05) is 26.1 Å². The summed E-state index contributed by atoms with van der Waals surface area (Å²) in [5.41, 5.74) is 6.40. The largest absolute Gasteiger partial charge is 0.496 e. The number of rotatable bonds is 4. The normalized spacial score (nSPS) is 10.0. The van der Waals surface area contributed by atoms with E-state index in [-0.39, 0.29) is 5.56 Å². The van der Waals surface area contributed by atoms with Gasteiger partial charge in [0.05, 0.1) is 12.7 Å². The average molecular weight is 348 g/mol. The van der Waals surface area contributed by atoms with Gasteiger partial charge in [0.15, 0.2) is 0 Å². The van der Waals surface area contributed by atoms with Gasteiger partial charge >= 0.3 is 0 Å². The van der Waals surface area contributed by atoms with E-state index in [4.69, 9.17) is 16.3 Å². The Morgan fingerprint density at radius 2 is 1.62 bits per heavy atom. The van der Waals surface area contributed by atoms with Crippen molar-refractivity contribution in [1.29, 1.82) is 0 Å². The van der Waals surface area contributed by atoms with Gasteiger partial charge in [-0.05, 0) is 42.5 Å². The number of amides is 2. The summed E-state index contributed by atoms with van der Waals surface area (Å²) in [6.45, 7) is 0. The maximum absolute atomic E-state index is 12.2. The molecule has 0 saturated carbocycles. The highest BCUT2D eigenvalue weighted by atomic mass is 35.5. The Morgan fingerprint density at radius 1 is 1.00 bits per heavy atom. The maximum Gasteiger partial charge on any atom is 0.273 e. The minimum atomic E-state index is -0.498. The molecular weight excluding hydrogens is 330 g/mol. The highest BCUT2D eigenvalue weighted by Crippen LogP contribution is 2.22. The van der Waals surface area contributed by atoms with Crippen molar-refractivity contribution in [3.05, 3.63) is 58.6 Å². The molecule has 0 aliphatic carbocycles. The van der Waals surface area contributed by atoms with Crippen LogP contribution in [0.15, 0.2) is 42.5 Å². The van der Waals surface area contributed by atoms with Crippen LogP contribution in [0.25, 0.3) is 0 Å². The molecule has 2 amide bonds. The molecule has 0 bridgehead atoms. The SMILES string of the molecule is COc1cc(Cl)ccc1C(=O)NNC(=O)c1ccc(N(C)C)cc1. The lowest BCUT2D eigenvalue weighted by Crippen LogP contribution is -2.41. The molecule has 0 heterocycles. The topological polar surface area (TPSA) is 70.7 Å². The number of halogens is 1. The zero-order valence-corrected chi connectivity index (χ0v) is 14.3. The third-order valence-electron chi connectivity index (χ3n) is 3.34. The first-order valence-electron chi connectivity index (χ1n) is 7.14. The number of anilines is 1. The second kappa shape index (κ2) is 7.70. The molecule has 0 saturated heterocycles. The smallest absolute Gasteiger partial charge is 0.273 e. The van der Waals surface area contributed by atoms with E-state index in [1.165, 1.54) is 19.2 Å². The van der Waals surface area contributed by atoms with Gasteiger partial charge in [-0.15, -0.1) is 0 Å². The molecule has 2 rings (SSSR count). The molecule has 7 heteroatoms. The molecule has 0 aliphatic rings. The van der Waals surface area contributed by atoms with E-state index in [9.17, 15) is 9.59 Å². The van der Waals surface area contributed by atoms with Gasteiger partial charge in [0.1, 0.15) is 5.75 Å². The first-order valence-corrected chi connectivity index (χ1v) is 7.52. The molecule has 24 heavy (non-hydrogen) atoms. The van der Waals surface area contributed by atoms with Crippen molar-refractivity contribution in [3.8, 4) is 5.75 Å². The number of carbonyl (C=O) groups is 2. The van der Waals surface area contributed by atoms with Crippen LogP contribution in [-0.4, -0.2) is 33.0 Å². The Morgan fingerprint density at radius 3 is 2.21 bits per heavy atom. The standard InChI is InChI=1S/C17H18ClN3O3/c1-21(2)13-7-4-11(5-8-13)16(22)19-20-17(23)14-9-6-12(18)10-15(14)24-3/h4-10H,1-3H3,(H,19,22)(H,20,23). The predicted octanol–water partition coefficient (Wildman–Crippen LogP) is 2.49. The second-order valence-corrected chi connectivity index (χ2v) is 5.63. The van der Waals surface area contributed by atoms with Crippen LogP contribution in [-0.2, 0) is 0 Å². The Balaban J connectivity index is 2.02. The van der Waals surface area contributed by atoms with Crippen LogP contribution >= 0.6 is 11.6 Å². The van der Waals surface area contributed by atoms with E-state index in [2.05, 4.69) is 10.9 Å². The summed E-state index contributed by atoms with van der Waals surface area (Å²) in [5.74, 6) is -0.590. The molecule has 2 aromatic carbocycles. The van der Waals surface area contributed by atoms with Crippen LogP contribution in [0.3, 0.4) is 0 Å². The van der Waals surface area contributed by atoms with Gasteiger partial charge in [0.25, 0.3) is 11.8 Å². The van der Waals surface area contributed by atoms with E-state index in [0.717, 1.165) is 5.69 Å². The Hall–Kier alpha value is -2.73. The highest BCUT2D eigenvalue weighted by molar-refractivity contribution is 6.30. The lowest BCUT2D eigenvalue weighted by atomic mass is 10.2. The van der Waals surface area contributed by atoms with Crippen LogP contribution in [0.2, 0.25) is 5.02 Å². The molecular formula is C17H18ClN3O3. The van der Waals surface area contributed by atoms with E-state index in [1.807, 2.05) is 31.1 Å². The van der Waals surface area contributed by atoms with Gasteiger partial charge in [-0.3, -0.25) is 20.4 Å². The number of ether oxygens (including phenoxy) is 1. The first-order chi connectivity index (χ1) is 11.4. The fraction of sp³-hybridized carbons (Fsp3) is 0.176. The second-order valence-electron chi connectivity index (χ2n) is 5.19. The van der Waals surface area contributed by atoms with Gasteiger partial charge in [-0.2, -0.15) is 0 Å². The maximum atomic E-state index is 12.2. The minimum Gasteiger partial charge on any atom is -0.496 e. The molecule has 0 atom stereocenters. The van der Waals surface area contributed by atoms with Gasteiger partial charge in [0, 0.05) is 30.4 Å². The monoisotopic (exact) mass is 347 g/mol. The number of benzene rings is 2. The Kier molecular flexibility index (Phi) is 5.65. The fourth-order valence-electron chi connectivity index (χ4n) is 2.02. The molecule has 126 valence electrons. The zero-order chi connectivity index (χ0) is 17.7.